The largest absolute Gasteiger partial charge is 0.290 e. The molecule has 1 amide bonds. The van der Waals surface area contributed by atoms with Gasteiger partial charge in [-0.2, -0.15) is 0 Å². The first-order valence-electron chi connectivity index (χ1n) is 6.75. The number of nitrogens with one attached hydrogen (secondary N) is 1. The van der Waals surface area contributed by atoms with Crippen LogP contribution in [0.2, 0.25) is 0 Å². The summed E-state index contributed by atoms with van der Waals surface area (Å²) < 4.78 is 0. The molecule has 1 aromatic heterocycles. The number of benzene rings is 2. The molecule has 0 aliphatic heterocycles. The summed E-state index contributed by atoms with van der Waals surface area (Å²) in [6, 6.07) is 14.8. The highest BCUT2D eigenvalue weighted by molar-refractivity contribution is 6.07. The minimum absolute atomic E-state index is 0.0396. The molecule has 3 aromatic rings. The quantitative estimate of drug-likeness (QED) is 0.334. The first kappa shape index (κ1) is 14.6. The third kappa shape index (κ3) is 2.72. The van der Waals surface area contributed by atoms with Crippen molar-refractivity contribution in [3.63, 3.8) is 0 Å². The summed E-state index contributed by atoms with van der Waals surface area (Å²) in [7, 11) is 0. The molecule has 0 spiro atoms. The molecule has 0 saturated heterocycles. The fourth-order valence-electron chi connectivity index (χ4n) is 2.37. The van der Waals surface area contributed by atoms with E-state index in [4.69, 9.17) is 5.84 Å². The molecule has 2 aromatic carbocycles. The van der Waals surface area contributed by atoms with E-state index in [0.717, 1.165) is 0 Å². The number of aromatic nitrogens is 1. The Hall–Kier alpha value is -3.32. The van der Waals surface area contributed by atoms with Crippen molar-refractivity contribution < 1.29 is 9.72 Å². The van der Waals surface area contributed by atoms with Gasteiger partial charge >= 0.3 is 0 Å². The average molecular weight is 308 g/mol. The van der Waals surface area contributed by atoms with E-state index in [1.54, 1.807) is 42.5 Å². The van der Waals surface area contributed by atoms with Gasteiger partial charge in [0.15, 0.2) is 0 Å². The van der Waals surface area contributed by atoms with Crippen molar-refractivity contribution in [3.8, 4) is 11.3 Å². The topological polar surface area (TPSA) is 111 Å². The van der Waals surface area contributed by atoms with Gasteiger partial charge in [0.25, 0.3) is 11.6 Å². The number of para-hydroxylation sites is 1. The monoisotopic (exact) mass is 308 g/mol. The minimum Gasteiger partial charge on any atom is -0.290 e. The smallest absolute Gasteiger partial charge is 0.270 e. The summed E-state index contributed by atoms with van der Waals surface area (Å²) in [6.45, 7) is 0. The van der Waals surface area contributed by atoms with Gasteiger partial charge in [-0.25, -0.2) is 10.8 Å². The van der Waals surface area contributed by atoms with Crippen molar-refractivity contribution in [2.24, 2.45) is 5.84 Å². The number of carbonyl (C=O) groups is 1. The van der Waals surface area contributed by atoms with Crippen LogP contribution in [0.5, 0.6) is 0 Å². The van der Waals surface area contributed by atoms with Crippen LogP contribution in [0, 0.1) is 10.1 Å². The fraction of sp³-hybridized carbons (Fsp3) is 0. The van der Waals surface area contributed by atoms with Gasteiger partial charge in [-0.1, -0.05) is 30.3 Å². The summed E-state index contributed by atoms with van der Waals surface area (Å²) in [5.74, 6) is 4.79. The number of amides is 1. The van der Waals surface area contributed by atoms with Crippen LogP contribution in [0.25, 0.3) is 22.2 Å². The van der Waals surface area contributed by atoms with Crippen LogP contribution in [-0.2, 0) is 0 Å². The van der Waals surface area contributed by atoms with Crippen molar-refractivity contribution in [3.05, 3.63) is 70.3 Å². The van der Waals surface area contributed by atoms with Crippen molar-refractivity contribution in [2.45, 2.75) is 0 Å². The number of nitrogens with zero attached hydrogens (tertiary/aromatic N) is 2. The molecule has 23 heavy (non-hydrogen) atoms. The average Bonchev–Trinajstić information content (AvgIpc) is 2.60. The Bertz CT molecular complexity index is 924. The molecule has 0 radical (unpaired) electrons. The van der Waals surface area contributed by atoms with E-state index in [2.05, 4.69) is 10.4 Å². The highest BCUT2D eigenvalue weighted by Gasteiger charge is 2.14. The molecule has 3 N–H and O–H groups in total. The molecule has 3 rings (SSSR count). The lowest BCUT2D eigenvalue weighted by Gasteiger charge is -2.08. The molecule has 0 bridgehead atoms. The maximum absolute atomic E-state index is 12.0. The number of nitrogen functional groups attached to an aromatic ring is 1. The first-order valence-corrected chi connectivity index (χ1v) is 6.75. The lowest BCUT2D eigenvalue weighted by Crippen LogP contribution is -2.30. The molecule has 7 nitrogen and oxygen atoms in total. The van der Waals surface area contributed by atoms with E-state index in [-0.39, 0.29) is 5.69 Å². The van der Waals surface area contributed by atoms with Gasteiger partial charge in [0, 0.05) is 23.1 Å². The van der Waals surface area contributed by atoms with E-state index in [9.17, 15) is 14.9 Å². The molecule has 0 fully saturated rings. The van der Waals surface area contributed by atoms with Crippen LogP contribution < -0.4 is 11.3 Å². The Morgan fingerprint density at radius 3 is 2.65 bits per heavy atom. The Morgan fingerprint density at radius 2 is 1.91 bits per heavy atom. The van der Waals surface area contributed by atoms with Crippen molar-refractivity contribution in [1.82, 2.24) is 10.4 Å². The number of nitrogens with two attached hydrogens (primary N) is 1. The maximum atomic E-state index is 12.0. The zero-order valence-electron chi connectivity index (χ0n) is 11.9. The van der Waals surface area contributed by atoms with Gasteiger partial charge in [0.2, 0.25) is 0 Å². The Labute approximate surface area is 130 Å². The number of hydrogen-bond acceptors (Lipinski definition) is 5. The molecule has 0 aliphatic carbocycles. The fourth-order valence-corrected chi connectivity index (χ4v) is 2.37. The maximum Gasteiger partial charge on any atom is 0.270 e. The Balaban J connectivity index is 2.24. The van der Waals surface area contributed by atoms with E-state index in [1.165, 1.54) is 12.1 Å². The minimum atomic E-state index is -0.474. The van der Waals surface area contributed by atoms with Gasteiger partial charge < -0.3 is 0 Å². The number of hydrogen-bond donors (Lipinski definition) is 2. The van der Waals surface area contributed by atoms with Gasteiger partial charge in [0.05, 0.1) is 21.7 Å². The molecule has 0 atom stereocenters. The van der Waals surface area contributed by atoms with Gasteiger partial charge in [-0.05, 0) is 12.1 Å². The molecule has 1 heterocycles. The summed E-state index contributed by atoms with van der Waals surface area (Å²) in [4.78, 5) is 26.9. The van der Waals surface area contributed by atoms with E-state index >= 15 is 0 Å². The van der Waals surface area contributed by atoms with Crippen LogP contribution in [-0.4, -0.2) is 15.8 Å². The molecular formula is C16H12N4O3. The van der Waals surface area contributed by atoms with Crippen LogP contribution in [0.1, 0.15) is 10.4 Å². The number of non-ortho nitro benzene ring substituents is 1. The van der Waals surface area contributed by atoms with Crippen molar-refractivity contribution in [2.75, 3.05) is 0 Å². The van der Waals surface area contributed by atoms with Gasteiger partial charge in [-0.3, -0.25) is 20.3 Å². The number of nitro groups is 1. The van der Waals surface area contributed by atoms with Crippen LogP contribution in [0.4, 0.5) is 5.69 Å². The van der Waals surface area contributed by atoms with Crippen LogP contribution in [0.3, 0.4) is 0 Å². The van der Waals surface area contributed by atoms with Crippen LogP contribution in [0.15, 0.2) is 54.6 Å². The standard InChI is InChI=1S/C16H12N4O3/c17-19-16(21)13-9-15(18-14-7-2-1-6-12(13)14)10-4-3-5-11(8-10)20(22)23/h1-9H,17H2,(H,19,21). The molecule has 114 valence electrons. The second kappa shape index (κ2) is 5.82. The van der Waals surface area contributed by atoms with Crippen LogP contribution >= 0.6 is 0 Å². The lowest BCUT2D eigenvalue weighted by molar-refractivity contribution is -0.384. The first-order chi connectivity index (χ1) is 11.1. The molecule has 0 unspecified atom stereocenters. The number of rotatable bonds is 3. The number of nitro benzene ring substituents is 1. The second-order valence-corrected chi connectivity index (χ2v) is 4.85. The predicted molar refractivity (Wildman–Crippen MR) is 85.5 cm³/mol. The molecule has 7 heteroatoms. The third-order valence-electron chi connectivity index (χ3n) is 3.44. The summed E-state index contributed by atoms with van der Waals surface area (Å²) in [6.07, 6.45) is 0. The number of pyridine rings is 1. The van der Waals surface area contributed by atoms with E-state index in [0.29, 0.717) is 27.7 Å². The summed E-state index contributed by atoms with van der Waals surface area (Å²) in [5.41, 5.74) is 4.05. The highest BCUT2D eigenvalue weighted by Crippen LogP contribution is 2.27. The number of carbonyl (C=O) groups excluding carboxylic acids is 1. The van der Waals surface area contributed by atoms with Crippen molar-refractivity contribution in [1.29, 1.82) is 0 Å². The van der Waals surface area contributed by atoms with E-state index in [1.807, 2.05) is 0 Å². The predicted octanol–water partition coefficient (Wildman–Crippen LogP) is 2.41. The molecular weight excluding hydrogens is 296 g/mol. The summed E-state index contributed by atoms with van der Waals surface area (Å²) >= 11 is 0. The summed E-state index contributed by atoms with van der Waals surface area (Å²) in [5, 5.41) is 11.6. The lowest BCUT2D eigenvalue weighted by atomic mass is 10.0. The normalized spacial score (nSPS) is 10.5. The zero-order valence-corrected chi connectivity index (χ0v) is 11.9. The third-order valence-corrected chi connectivity index (χ3v) is 3.44. The highest BCUT2D eigenvalue weighted by atomic mass is 16.6. The Morgan fingerprint density at radius 1 is 1.13 bits per heavy atom. The SMILES string of the molecule is NNC(=O)c1cc(-c2cccc([N+](=O)[O-])c2)nc2ccccc12. The van der Waals surface area contributed by atoms with E-state index < -0.39 is 10.8 Å². The molecule has 0 saturated carbocycles. The zero-order chi connectivity index (χ0) is 16.4. The van der Waals surface area contributed by atoms with Gasteiger partial charge in [-0.15, -0.1) is 0 Å². The second-order valence-electron chi connectivity index (χ2n) is 4.85. The molecule has 0 aliphatic rings. The van der Waals surface area contributed by atoms with Crippen molar-refractivity contribution >= 4 is 22.5 Å². The number of fused-ring (bicyclic) bond motifs is 1. The number of hydrazine groups is 1. The Kier molecular flexibility index (Phi) is 3.70. The van der Waals surface area contributed by atoms with Gasteiger partial charge in [0.1, 0.15) is 0 Å².